The van der Waals surface area contributed by atoms with E-state index in [1.807, 2.05) is 12.1 Å². The third-order valence-corrected chi connectivity index (χ3v) is 5.13. The number of nitrogens with zero attached hydrogens (tertiary/aromatic N) is 3. The molecular formula is C21H23ClN4O4. The largest absolute Gasteiger partial charge is 0.489 e. The van der Waals surface area contributed by atoms with E-state index >= 15 is 0 Å². The predicted octanol–water partition coefficient (Wildman–Crippen LogP) is 4.09. The molecule has 4 rings (SSSR count). The zero-order valence-corrected chi connectivity index (χ0v) is 17.4. The van der Waals surface area contributed by atoms with E-state index in [1.165, 1.54) is 26.1 Å². The number of rotatable bonds is 9. The maximum absolute atomic E-state index is 12.2. The minimum Gasteiger partial charge on any atom is -0.489 e. The number of carbonyl (C=O) groups is 1. The van der Waals surface area contributed by atoms with Crippen molar-refractivity contribution in [2.45, 2.75) is 25.7 Å². The number of hydrogen-bond donors (Lipinski definition) is 1. The molecule has 1 aromatic carbocycles. The van der Waals surface area contributed by atoms with E-state index in [0.29, 0.717) is 34.9 Å². The highest BCUT2D eigenvalue weighted by Crippen LogP contribution is 2.34. The van der Waals surface area contributed by atoms with Gasteiger partial charge in [0, 0.05) is 16.5 Å². The normalized spacial score (nSPS) is 16.1. The molecule has 9 heteroatoms. The van der Waals surface area contributed by atoms with E-state index in [4.69, 9.17) is 25.9 Å². The van der Waals surface area contributed by atoms with Crippen LogP contribution in [0.2, 0.25) is 5.02 Å². The molecule has 0 bridgehead atoms. The molecule has 2 aliphatic rings. The average molecular weight is 431 g/mol. The van der Waals surface area contributed by atoms with Gasteiger partial charge >= 0.3 is 12.1 Å². The van der Waals surface area contributed by atoms with Gasteiger partial charge in [0.15, 0.2) is 5.75 Å². The second kappa shape index (κ2) is 9.30. The van der Waals surface area contributed by atoms with Gasteiger partial charge in [-0.05, 0) is 43.7 Å². The molecule has 1 amide bonds. The topological polar surface area (TPSA) is 94.9 Å². The van der Waals surface area contributed by atoms with E-state index in [-0.39, 0.29) is 12.6 Å². The maximum atomic E-state index is 12.2. The van der Waals surface area contributed by atoms with Gasteiger partial charge in [0.05, 0.1) is 25.1 Å². The fourth-order valence-electron chi connectivity index (χ4n) is 2.88. The van der Waals surface area contributed by atoms with Crippen molar-refractivity contribution in [2.24, 2.45) is 17.0 Å². The van der Waals surface area contributed by atoms with Crippen LogP contribution in [0.1, 0.15) is 25.7 Å². The molecule has 0 unspecified atom stereocenters. The van der Waals surface area contributed by atoms with Gasteiger partial charge in [-0.25, -0.2) is 4.79 Å². The van der Waals surface area contributed by atoms with Crippen LogP contribution in [0.15, 0.2) is 35.6 Å². The molecule has 2 saturated carbocycles. The molecule has 1 aromatic heterocycles. The highest BCUT2D eigenvalue weighted by molar-refractivity contribution is 6.30. The van der Waals surface area contributed by atoms with Crippen molar-refractivity contribution in [1.82, 2.24) is 15.3 Å². The van der Waals surface area contributed by atoms with Gasteiger partial charge in [0.25, 0.3) is 0 Å². The van der Waals surface area contributed by atoms with Crippen LogP contribution in [0.4, 0.5) is 4.79 Å². The molecule has 2 aromatic rings. The lowest BCUT2D eigenvalue weighted by atomic mass is 10.1. The van der Waals surface area contributed by atoms with Gasteiger partial charge < -0.3 is 19.6 Å². The summed E-state index contributed by atoms with van der Waals surface area (Å²) in [5, 5.41) is 7.25. The van der Waals surface area contributed by atoms with Crippen LogP contribution in [-0.4, -0.2) is 42.0 Å². The van der Waals surface area contributed by atoms with Crippen LogP contribution in [0, 0.1) is 11.8 Å². The van der Waals surface area contributed by atoms with Gasteiger partial charge in [0.1, 0.15) is 12.8 Å². The maximum Gasteiger partial charge on any atom is 0.415 e. The Balaban J connectivity index is 1.45. The number of halogens is 1. The first kappa shape index (κ1) is 20.4. The van der Waals surface area contributed by atoms with E-state index in [1.54, 1.807) is 12.1 Å². The molecule has 0 radical (unpaired) electrons. The highest BCUT2D eigenvalue weighted by Gasteiger charge is 2.28. The zero-order valence-electron chi connectivity index (χ0n) is 16.6. The zero-order chi connectivity index (χ0) is 20.9. The number of benzene rings is 1. The number of amides is 1. The Bertz CT molecular complexity index is 927. The number of ether oxygens (including phenoxy) is 2. The summed E-state index contributed by atoms with van der Waals surface area (Å²) in [6.45, 7) is 0.872. The Kier molecular flexibility index (Phi) is 6.32. The fourth-order valence-corrected chi connectivity index (χ4v) is 3.01. The molecule has 8 nitrogen and oxygen atoms in total. The summed E-state index contributed by atoms with van der Waals surface area (Å²) in [6.07, 6.45) is 5.32. The van der Waals surface area contributed by atoms with Crippen molar-refractivity contribution in [3.63, 3.8) is 0 Å². The van der Waals surface area contributed by atoms with Gasteiger partial charge in [-0.1, -0.05) is 28.9 Å². The Morgan fingerprint density at radius 3 is 2.67 bits per heavy atom. The standard InChI is InChI=1S/C21H23ClN4O4/c1-28-26-17(14-4-5-14)10-24-21(27)30-20-23-11-18(29-12-13-2-3-13)19(25-20)15-6-8-16(22)9-7-15/h6-9,11,13-14H,2-5,10,12H2,1H3,(H,24,27)/b26-17-. The number of nitrogens with one attached hydrogen (secondary N) is 1. The van der Waals surface area contributed by atoms with E-state index in [2.05, 4.69) is 20.4 Å². The second-order valence-electron chi connectivity index (χ2n) is 7.41. The quantitative estimate of drug-likeness (QED) is 0.475. The van der Waals surface area contributed by atoms with Crippen molar-refractivity contribution >= 4 is 23.4 Å². The summed E-state index contributed by atoms with van der Waals surface area (Å²) in [4.78, 5) is 25.6. The van der Waals surface area contributed by atoms with Crippen LogP contribution >= 0.6 is 11.6 Å². The van der Waals surface area contributed by atoms with Crippen molar-refractivity contribution in [2.75, 3.05) is 20.3 Å². The van der Waals surface area contributed by atoms with E-state index < -0.39 is 6.09 Å². The summed E-state index contributed by atoms with van der Waals surface area (Å²) in [5.41, 5.74) is 2.13. The van der Waals surface area contributed by atoms with Crippen LogP contribution in [-0.2, 0) is 4.84 Å². The van der Waals surface area contributed by atoms with Crippen LogP contribution in [0.25, 0.3) is 11.3 Å². The molecule has 0 saturated heterocycles. The smallest absolute Gasteiger partial charge is 0.415 e. The molecule has 1 N–H and O–H groups in total. The number of oxime groups is 1. The first-order valence-electron chi connectivity index (χ1n) is 9.93. The Labute approximate surface area is 179 Å². The number of hydrogen-bond acceptors (Lipinski definition) is 7. The van der Waals surface area contributed by atoms with Crippen LogP contribution in [0.3, 0.4) is 0 Å². The minimum atomic E-state index is -0.659. The predicted molar refractivity (Wildman–Crippen MR) is 112 cm³/mol. The van der Waals surface area contributed by atoms with Crippen molar-refractivity contribution < 1.29 is 19.1 Å². The van der Waals surface area contributed by atoms with Crippen molar-refractivity contribution in [3.05, 3.63) is 35.5 Å². The molecule has 30 heavy (non-hydrogen) atoms. The number of carbonyl (C=O) groups excluding carboxylic acids is 1. The lowest BCUT2D eigenvalue weighted by Gasteiger charge is -2.12. The second-order valence-corrected chi connectivity index (χ2v) is 7.85. The Morgan fingerprint density at radius 2 is 2.00 bits per heavy atom. The van der Waals surface area contributed by atoms with E-state index in [0.717, 1.165) is 24.1 Å². The average Bonchev–Trinajstić information content (AvgIpc) is 3.64. The third kappa shape index (κ3) is 5.60. The summed E-state index contributed by atoms with van der Waals surface area (Å²) in [7, 11) is 1.49. The fraction of sp³-hybridized carbons (Fsp3) is 0.429. The molecule has 0 atom stereocenters. The molecule has 158 valence electrons. The Hall–Kier alpha value is -2.87. The van der Waals surface area contributed by atoms with Crippen molar-refractivity contribution in [3.8, 4) is 23.0 Å². The monoisotopic (exact) mass is 430 g/mol. The summed E-state index contributed by atoms with van der Waals surface area (Å²) in [6, 6.07) is 7.15. The summed E-state index contributed by atoms with van der Waals surface area (Å²) >= 11 is 6.00. The Morgan fingerprint density at radius 1 is 1.23 bits per heavy atom. The molecular weight excluding hydrogens is 408 g/mol. The molecule has 1 heterocycles. The lowest BCUT2D eigenvalue weighted by Crippen LogP contribution is -2.33. The number of aromatic nitrogens is 2. The molecule has 0 spiro atoms. The first-order valence-corrected chi connectivity index (χ1v) is 10.3. The van der Waals surface area contributed by atoms with Gasteiger partial charge in [-0.15, -0.1) is 0 Å². The third-order valence-electron chi connectivity index (χ3n) is 4.88. The summed E-state index contributed by atoms with van der Waals surface area (Å²) in [5.74, 6) is 1.49. The minimum absolute atomic E-state index is 0.0622. The van der Waals surface area contributed by atoms with Gasteiger partial charge in [-0.2, -0.15) is 9.97 Å². The van der Waals surface area contributed by atoms with Crippen molar-refractivity contribution in [1.29, 1.82) is 0 Å². The van der Waals surface area contributed by atoms with Gasteiger partial charge in [0.2, 0.25) is 0 Å². The first-order chi connectivity index (χ1) is 14.6. The highest BCUT2D eigenvalue weighted by atomic mass is 35.5. The SMILES string of the molecule is CO/N=C(/CNC(=O)Oc1ncc(OCC2CC2)c(-c2ccc(Cl)cc2)n1)C1CC1. The van der Waals surface area contributed by atoms with Gasteiger partial charge in [-0.3, -0.25) is 0 Å². The molecule has 2 fully saturated rings. The van der Waals surface area contributed by atoms with Crippen LogP contribution in [0.5, 0.6) is 11.8 Å². The molecule has 0 aliphatic heterocycles. The van der Waals surface area contributed by atoms with E-state index in [9.17, 15) is 4.79 Å². The van der Waals surface area contributed by atoms with Crippen LogP contribution < -0.4 is 14.8 Å². The summed E-state index contributed by atoms with van der Waals surface area (Å²) < 4.78 is 11.2. The lowest BCUT2D eigenvalue weighted by molar-refractivity contribution is 0.196. The molecule has 2 aliphatic carbocycles.